The smallest absolute Gasteiger partial charge is 0.123 e. The first-order chi connectivity index (χ1) is 8.24. The molecule has 0 aliphatic rings. The first kappa shape index (κ1) is 9.90. The topological polar surface area (TPSA) is 36.0 Å². The molecule has 0 saturated heterocycles. The predicted octanol–water partition coefficient (Wildman–Crippen LogP) is 3.68. The van der Waals surface area contributed by atoms with Gasteiger partial charge in [0.2, 0.25) is 0 Å². The van der Waals surface area contributed by atoms with Gasteiger partial charge in [-0.15, -0.1) is 0 Å². The van der Waals surface area contributed by atoms with E-state index in [1.165, 1.54) is 12.1 Å². The number of nitrogens with one attached hydrogen (secondary N) is 1. The zero-order valence-corrected chi connectivity index (χ0v) is 8.94. The van der Waals surface area contributed by atoms with Gasteiger partial charge in [-0.25, -0.2) is 4.39 Å². The number of fused-ring (bicyclic) bond motifs is 1. The van der Waals surface area contributed by atoms with Gasteiger partial charge in [-0.05, 0) is 35.9 Å². The summed E-state index contributed by atoms with van der Waals surface area (Å²) in [6.45, 7) is 0. The lowest BCUT2D eigenvalue weighted by atomic mass is 10.0. The van der Waals surface area contributed by atoms with Crippen LogP contribution in [0.5, 0.6) is 5.75 Å². The summed E-state index contributed by atoms with van der Waals surface area (Å²) in [6.07, 6.45) is 1.86. The Labute approximate surface area is 97.3 Å². The van der Waals surface area contributed by atoms with Crippen LogP contribution in [0.4, 0.5) is 4.39 Å². The van der Waals surface area contributed by atoms with Crippen LogP contribution in [0.15, 0.2) is 48.7 Å². The molecule has 0 fully saturated rings. The first-order valence-electron chi connectivity index (χ1n) is 5.30. The summed E-state index contributed by atoms with van der Waals surface area (Å²) in [5.41, 5.74) is 2.82. The molecule has 17 heavy (non-hydrogen) atoms. The minimum Gasteiger partial charge on any atom is -0.508 e. The monoisotopic (exact) mass is 227 g/mol. The fourth-order valence-electron chi connectivity index (χ4n) is 1.98. The molecule has 0 unspecified atom stereocenters. The van der Waals surface area contributed by atoms with E-state index < -0.39 is 0 Å². The Kier molecular flexibility index (Phi) is 2.11. The largest absolute Gasteiger partial charge is 0.508 e. The maximum atomic E-state index is 12.9. The summed E-state index contributed by atoms with van der Waals surface area (Å²) in [5.74, 6) is -0.0306. The number of aromatic amines is 1. The van der Waals surface area contributed by atoms with Gasteiger partial charge >= 0.3 is 0 Å². The summed E-state index contributed by atoms with van der Waals surface area (Å²) in [7, 11) is 0. The molecule has 3 rings (SSSR count). The molecular weight excluding hydrogens is 217 g/mol. The zero-order valence-electron chi connectivity index (χ0n) is 8.94. The number of halogens is 1. The number of aromatic nitrogens is 1. The molecule has 0 saturated carbocycles. The van der Waals surface area contributed by atoms with E-state index in [4.69, 9.17) is 0 Å². The van der Waals surface area contributed by atoms with Crippen LogP contribution in [0.3, 0.4) is 0 Å². The van der Waals surface area contributed by atoms with E-state index in [-0.39, 0.29) is 11.6 Å². The molecular formula is C14H10FNO. The minimum absolute atomic E-state index is 0.223. The van der Waals surface area contributed by atoms with Gasteiger partial charge in [0.25, 0.3) is 0 Å². The van der Waals surface area contributed by atoms with Gasteiger partial charge in [-0.1, -0.05) is 12.1 Å². The van der Waals surface area contributed by atoms with Gasteiger partial charge in [-0.3, -0.25) is 0 Å². The van der Waals surface area contributed by atoms with E-state index in [1.54, 1.807) is 24.3 Å². The van der Waals surface area contributed by atoms with Gasteiger partial charge < -0.3 is 10.1 Å². The van der Waals surface area contributed by atoms with Crippen molar-refractivity contribution in [2.75, 3.05) is 0 Å². The van der Waals surface area contributed by atoms with Crippen molar-refractivity contribution < 1.29 is 9.50 Å². The fourth-order valence-corrected chi connectivity index (χ4v) is 1.98. The lowest BCUT2D eigenvalue weighted by Gasteiger charge is -2.00. The lowest BCUT2D eigenvalue weighted by Crippen LogP contribution is -1.77. The van der Waals surface area contributed by atoms with E-state index in [0.717, 1.165) is 22.0 Å². The maximum Gasteiger partial charge on any atom is 0.123 e. The molecule has 2 nitrogen and oxygen atoms in total. The van der Waals surface area contributed by atoms with Crippen molar-refractivity contribution in [3.63, 3.8) is 0 Å². The van der Waals surface area contributed by atoms with E-state index in [9.17, 15) is 9.50 Å². The number of phenols is 1. The average Bonchev–Trinajstić information content (AvgIpc) is 2.73. The highest BCUT2D eigenvalue weighted by Crippen LogP contribution is 2.30. The Bertz CT molecular complexity index is 670. The molecule has 1 heterocycles. The molecule has 1 aromatic heterocycles. The normalized spacial score (nSPS) is 10.9. The molecule has 3 aromatic rings. The minimum atomic E-state index is -0.253. The summed E-state index contributed by atoms with van der Waals surface area (Å²) in [4.78, 5) is 3.12. The summed E-state index contributed by atoms with van der Waals surface area (Å²) < 4.78 is 12.9. The third-order valence-corrected chi connectivity index (χ3v) is 2.82. The van der Waals surface area contributed by atoms with E-state index in [1.807, 2.05) is 12.3 Å². The van der Waals surface area contributed by atoms with Crippen molar-refractivity contribution in [2.45, 2.75) is 0 Å². The molecule has 0 atom stereocenters. The van der Waals surface area contributed by atoms with Gasteiger partial charge in [0.15, 0.2) is 0 Å². The molecule has 2 aromatic carbocycles. The van der Waals surface area contributed by atoms with Gasteiger partial charge in [0.05, 0.1) is 0 Å². The number of rotatable bonds is 1. The lowest BCUT2D eigenvalue weighted by molar-refractivity contribution is 0.476. The predicted molar refractivity (Wildman–Crippen MR) is 65.4 cm³/mol. The molecule has 2 N–H and O–H groups in total. The Balaban J connectivity index is 2.23. The van der Waals surface area contributed by atoms with E-state index >= 15 is 0 Å². The summed E-state index contributed by atoms with van der Waals surface area (Å²) >= 11 is 0. The molecule has 0 radical (unpaired) electrons. The Morgan fingerprint density at radius 1 is 1.00 bits per heavy atom. The van der Waals surface area contributed by atoms with Crippen LogP contribution < -0.4 is 0 Å². The number of phenolic OH excluding ortho intramolecular Hbond substituents is 1. The highest BCUT2D eigenvalue weighted by atomic mass is 19.1. The standard InChI is InChI=1S/C14H10FNO/c15-10-3-1-9(2-4-10)13-8-16-14-6-5-11(17)7-12(13)14/h1-8,16-17H. The van der Waals surface area contributed by atoms with Gasteiger partial charge in [0.1, 0.15) is 11.6 Å². The quantitative estimate of drug-likeness (QED) is 0.653. The number of hydrogen-bond acceptors (Lipinski definition) is 1. The first-order valence-corrected chi connectivity index (χ1v) is 5.30. The highest BCUT2D eigenvalue weighted by molar-refractivity contribution is 5.96. The SMILES string of the molecule is Oc1ccc2[nH]cc(-c3ccc(F)cc3)c2c1. The van der Waals surface area contributed by atoms with E-state index in [2.05, 4.69) is 4.98 Å². The van der Waals surface area contributed by atoms with Crippen LogP contribution in [-0.4, -0.2) is 10.1 Å². The number of benzene rings is 2. The second-order valence-corrected chi connectivity index (χ2v) is 3.94. The van der Waals surface area contributed by atoms with Crippen molar-refractivity contribution in [3.8, 4) is 16.9 Å². The molecule has 84 valence electrons. The van der Waals surface area contributed by atoms with Crippen molar-refractivity contribution in [2.24, 2.45) is 0 Å². The molecule has 0 spiro atoms. The second-order valence-electron chi connectivity index (χ2n) is 3.94. The molecule has 0 bridgehead atoms. The van der Waals surface area contributed by atoms with Crippen LogP contribution in [0.2, 0.25) is 0 Å². The Morgan fingerprint density at radius 2 is 1.76 bits per heavy atom. The highest BCUT2D eigenvalue weighted by Gasteiger charge is 2.06. The maximum absolute atomic E-state index is 12.9. The van der Waals surface area contributed by atoms with Crippen LogP contribution in [0.1, 0.15) is 0 Å². The number of H-pyrrole nitrogens is 1. The van der Waals surface area contributed by atoms with Crippen LogP contribution >= 0.6 is 0 Å². The van der Waals surface area contributed by atoms with Gasteiger partial charge in [-0.2, -0.15) is 0 Å². The van der Waals surface area contributed by atoms with Crippen molar-refractivity contribution in [3.05, 3.63) is 54.5 Å². The summed E-state index contributed by atoms with van der Waals surface area (Å²) in [6, 6.07) is 11.5. The second kappa shape index (κ2) is 3.63. The van der Waals surface area contributed by atoms with Crippen LogP contribution in [0.25, 0.3) is 22.0 Å². The van der Waals surface area contributed by atoms with Crippen LogP contribution in [-0.2, 0) is 0 Å². The van der Waals surface area contributed by atoms with Gasteiger partial charge in [0, 0.05) is 22.7 Å². The van der Waals surface area contributed by atoms with Crippen molar-refractivity contribution >= 4 is 10.9 Å². The fraction of sp³-hybridized carbons (Fsp3) is 0. The average molecular weight is 227 g/mol. The Hall–Kier alpha value is -2.29. The third-order valence-electron chi connectivity index (χ3n) is 2.82. The molecule has 0 amide bonds. The molecule has 0 aliphatic heterocycles. The molecule has 3 heteroatoms. The van der Waals surface area contributed by atoms with Crippen molar-refractivity contribution in [1.82, 2.24) is 4.98 Å². The van der Waals surface area contributed by atoms with Crippen LogP contribution in [0, 0.1) is 5.82 Å². The van der Waals surface area contributed by atoms with E-state index in [0.29, 0.717) is 0 Å². The number of aromatic hydroxyl groups is 1. The molecule has 0 aliphatic carbocycles. The van der Waals surface area contributed by atoms with Crippen molar-refractivity contribution in [1.29, 1.82) is 0 Å². The zero-order chi connectivity index (χ0) is 11.8. The summed E-state index contributed by atoms with van der Waals surface area (Å²) in [5, 5.41) is 10.4. The number of hydrogen-bond donors (Lipinski definition) is 2. The third kappa shape index (κ3) is 1.65. The Morgan fingerprint density at radius 3 is 2.53 bits per heavy atom.